The highest BCUT2D eigenvalue weighted by Gasteiger charge is 2.25. The summed E-state index contributed by atoms with van der Waals surface area (Å²) in [5.74, 6) is 1.03. The number of hydrogen-bond donors (Lipinski definition) is 0. The zero-order valence-electron chi connectivity index (χ0n) is 16.7. The number of carbonyl (C=O) groups is 1. The SMILES string of the molecule is O=C1CCC(c2ccccc2)=NN1CN1CCN(CCOc2ccccc2)CC1. The van der Waals surface area contributed by atoms with Gasteiger partial charge in [0.2, 0.25) is 5.91 Å². The third-order valence-corrected chi connectivity index (χ3v) is 5.43. The Morgan fingerprint density at radius 3 is 2.21 bits per heavy atom. The van der Waals surface area contributed by atoms with Crippen LogP contribution in [0.2, 0.25) is 0 Å². The molecule has 2 heterocycles. The number of carbonyl (C=O) groups excluding carboxylic acids is 1. The summed E-state index contributed by atoms with van der Waals surface area (Å²) in [5, 5.41) is 6.31. The van der Waals surface area contributed by atoms with E-state index in [-0.39, 0.29) is 5.91 Å². The van der Waals surface area contributed by atoms with E-state index >= 15 is 0 Å². The second-order valence-electron chi connectivity index (χ2n) is 7.47. The molecule has 4 rings (SSSR count). The summed E-state index contributed by atoms with van der Waals surface area (Å²) >= 11 is 0. The molecule has 1 fully saturated rings. The highest BCUT2D eigenvalue weighted by atomic mass is 16.5. The first-order valence-corrected chi connectivity index (χ1v) is 10.3. The van der Waals surface area contributed by atoms with Crippen molar-refractivity contribution in [2.45, 2.75) is 12.8 Å². The van der Waals surface area contributed by atoms with Gasteiger partial charge in [-0.05, 0) is 17.7 Å². The van der Waals surface area contributed by atoms with E-state index in [4.69, 9.17) is 4.74 Å². The maximum atomic E-state index is 12.4. The third kappa shape index (κ3) is 5.43. The van der Waals surface area contributed by atoms with Crippen molar-refractivity contribution in [3.63, 3.8) is 0 Å². The van der Waals surface area contributed by atoms with E-state index in [0.29, 0.717) is 26.1 Å². The van der Waals surface area contributed by atoms with Crippen molar-refractivity contribution in [2.75, 3.05) is 46.0 Å². The summed E-state index contributed by atoms with van der Waals surface area (Å²) in [5.41, 5.74) is 2.11. The van der Waals surface area contributed by atoms with Gasteiger partial charge in [0.25, 0.3) is 0 Å². The number of ether oxygens (including phenoxy) is 1. The second kappa shape index (κ2) is 9.67. The van der Waals surface area contributed by atoms with Gasteiger partial charge in [-0.3, -0.25) is 14.6 Å². The molecule has 2 aliphatic rings. The molecule has 0 bridgehead atoms. The van der Waals surface area contributed by atoms with E-state index in [1.165, 1.54) is 0 Å². The van der Waals surface area contributed by atoms with Crippen LogP contribution in [-0.4, -0.2) is 72.4 Å². The van der Waals surface area contributed by atoms with Crippen molar-refractivity contribution in [3.05, 3.63) is 66.2 Å². The standard InChI is InChI=1S/C23H28N4O2/c28-23-12-11-22(20-7-3-1-4-8-20)24-27(23)19-26-15-13-25(14-16-26)17-18-29-21-9-5-2-6-10-21/h1-10H,11-19H2. The lowest BCUT2D eigenvalue weighted by Crippen LogP contribution is -2.51. The number of hydrazone groups is 1. The molecule has 0 spiro atoms. The first-order chi connectivity index (χ1) is 14.3. The van der Waals surface area contributed by atoms with Crippen LogP contribution in [0.4, 0.5) is 0 Å². The van der Waals surface area contributed by atoms with Gasteiger partial charge in [0.15, 0.2) is 0 Å². The number of hydrogen-bond acceptors (Lipinski definition) is 5. The average molecular weight is 393 g/mol. The molecule has 0 unspecified atom stereocenters. The van der Waals surface area contributed by atoms with Gasteiger partial charge in [0.1, 0.15) is 12.4 Å². The van der Waals surface area contributed by atoms with Crippen molar-refractivity contribution < 1.29 is 9.53 Å². The van der Waals surface area contributed by atoms with Crippen molar-refractivity contribution in [3.8, 4) is 5.75 Å². The summed E-state index contributed by atoms with van der Waals surface area (Å²) in [6.07, 6.45) is 1.25. The molecule has 2 aliphatic heterocycles. The van der Waals surface area contributed by atoms with Crippen molar-refractivity contribution in [1.82, 2.24) is 14.8 Å². The summed E-state index contributed by atoms with van der Waals surface area (Å²) in [6.45, 7) is 6.02. The topological polar surface area (TPSA) is 48.4 Å². The number of amides is 1. The Morgan fingerprint density at radius 1 is 0.828 bits per heavy atom. The Kier molecular flexibility index (Phi) is 6.54. The quantitative estimate of drug-likeness (QED) is 0.727. The number of para-hydroxylation sites is 1. The Balaban J connectivity index is 1.24. The number of benzene rings is 2. The minimum atomic E-state index is 0.114. The zero-order valence-corrected chi connectivity index (χ0v) is 16.7. The molecule has 0 radical (unpaired) electrons. The molecule has 0 N–H and O–H groups in total. The lowest BCUT2D eigenvalue weighted by atomic mass is 10.0. The lowest BCUT2D eigenvalue weighted by molar-refractivity contribution is -0.134. The van der Waals surface area contributed by atoms with Crippen LogP contribution in [0.15, 0.2) is 65.8 Å². The van der Waals surface area contributed by atoms with E-state index in [2.05, 4.69) is 27.0 Å². The van der Waals surface area contributed by atoms with Crippen LogP contribution < -0.4 is 4.74 Å². The van der Waals surface area contributed by atoms with Gasteiger partial charge in [-0.15, -0.1) is 0 Å². The van der Waals surface area contributed by atoms with E-state index in [0.717, 1.165) is 49.7 Å². The normalized spacial score (nSPS) is 18.6. The van der Waals surface area contributed by atoms with Gasteiger partial charge >= 0.3 is 0 Å². The molecule has 6 nitrogen and oxygen atoms in total. The van der Waals surface area contributed by atoms with Crippen LogP contribution >= 0.6 is 0 Å². The molecule has 1 amide bonds. The van der Waals surface area contributed by atoms with Crippen LogP contribution in [0.25, 0.3) is 0 Å². The van der Waals surface area contributed by atoms with Crippen molar-refractivity contribution in [1.29, 1.82) is 0 Å². The monoisotopic (exact) mass is 392 g/mol. The van der Waals surface area contributed by atoms with Crippen LogP contribution in [0, 0.1) is 0 Å². The molecule has 0 aliphatic carbocycles. The Morgan fingerprint density at radius 2 is 1.48 bits per heavy atom. The molecule has 2 aromatic rings. The molecule has 0 saturated carbocycles. The van der Waals surface area contributed by atoms with Crippen LogP contribution in [-0.2, 0) is 4.79 Å². The number of nitrogens with zero attached hydrogens (tertiary/aromatic N) is 4. The van der Waals surface area contributed by atoms with E-state index in [9.17, 15) is 4.79 Å². The number of piperazine rings is 1. The van der Waals surface area contributed by atoms with Crippen LogP contribution in [0.5, 0.6) is 5.75 Å². The molecular formula is C23H28N4O2. The first-order valence-electron chi connectivity index (χ1n) is 10.3. The minimum Gasteiger partial charge on any atom is -0.492 e. The van der Waals surface area contributed by atoms with Gasteiger partial charge in [-0.25, -0.2) is 5.01 Å². The van der Waals surface area contributed by atoms with Crippen molar-refractivity contribution in [2.24, 2.45) is 5.10 Å². The fourth-order valence-electron chi connectivity index (χ4n) is 3.70. The summed E-state index contributed by atoms with van der Waals surface area (Å²) in [4.78, 5) is 17.1. The highest BCUT2D eigenvalue weighted by molar-refractivity contribution is 6.04. The minimum absolute atomic E-state index is 0.114. The molecular weight excluding hydrogens is 364 g/mol. The van der Waals surface area contributed by atoms with Gasteiger partial charge in [0.05, 0.1) is 12.4 Å². The van der Waals surface area contributed by atoms with Gasteiger partial charge < -0.3 is 4.74 Å². The second-order valence-corrected chi connectivity index (χ2v) is 7.47. The predicted octanol–water partition coefficient (Wildman–Crippen LogP) is 2.67. The third-order valence-electron chi connectivity index (χ3n) is 5.43. The van der Waals surface area contributed by atoms with Gasteiger partial charge in [-0.2, -0.15) is 5.10 Å². The number of rotatable bonds is 7. The average Bonchev–Trinajstić information content (AvgIpc) is 2.78. The van der Waals surface area contributed by atoms with Crippen LogP contribution in [0.3, 0.4) is 0 Å². The molecule has 6 heteroatoms. The van der Waals surface area contributed by atoms with Gasteiger partial charge in [-0.1, -0.05) is 48.5 Å². The molecule has 0 aromatic heterocycles. The maximum absolute atomic E-state index is 12.4. The Bertz CT molecular complexity index is 817. The molecule has 0 atom stereocenters. The Hall–Kier alpha value is -2.70. The Labute approximate surface area is 172 Å². The smallest absolute Gasteiger partial charge is 0.244 e. The van der Waals surface area contributed by atoms with E-state index in [1.807, 2.05) is 48.5 Å². The summed E-state index contributed by atoms with van der Waals surface area (Å²) < 4.78 is 5.80. The van der Waals surface area contributed by atoms with E-state index < -0.39 is 0 Å². The van der Waals surface area contributed by atoms with Crippen molar-refractivity contribution >= 4 is 11.6 Å². The fraction of sp³-hybridized carbons (Fsp3) is 0.391. The van der Waals surface area contributed by atoms with E-state index in [1.54, 1.807) is 5.01 Å². The molecule has 152 valence electrons. The summed E-state index contributed by atoms with van der Waals surface area (Å²) in [6, 6.07) is 20.1. The fourth-order valence-corrected chi connectivity index (χ4v) is 3.70. The first kappa shape index (κ1) is 19.6. The lowest BCUT2D eigenvalue weighted by Gasteiger charge is -2.37. The predicted molar refractivity (Wildman–Crippen MR) is 114 cm³/mol. The van der Waals surface area contributed by atoms with Crippen LogP contribution in [0.1, 0.15) is 18.4 Å². The van der Waals surface area contributed by atoms with Gasteiger partial charge in [0, 0.05) is 45.6 Å². The maximum Gasteiger partial charge on any atom is 0.244 e. The molecule has 1 saturated heterocycles. The molecule has 2 aromatic carbocycles. The zero-order chi connectivity index (χ0) is 19.9. The summed E-state index contributed by atoms with van der Waals surface area (Å²) in [7, 11) is 0. The highest BCUT2D eigenvalue weighted by Crippen LogP contribution is 2.16. The largest absolute Gasteiger partial charge is 0.492 e. The molecule has 29 heavy (non-hydrogen) atoms.